The number of phenolic OH excluding ortho intramolecular Hbond substituents is 1. The number of rotatable bonds is 7. The predicted molar refractivity (Wildman–Crippen MR) is 98.1 cm³/mol. The van der Waals surface area contributed by atoms with Crippen molar-refractivity contribution in [3.63, 3.8) is 0 Å². The van der Waals surface area contributed by atoms with Gasteiger partial charge in [0.1, 0.15) is 0 Å². The third-order valence-corrected chi connectivity index (χ3v) is 2.79. The first kappa shape index (κ1) is 19.8. The van der Waals surface area contributed by atoms with Crippen LogP contribution in [0.2, 0.25) is 0 Å². The van der Waals surface area contributed by atoms with Crippen molar-refractivity contribution in [3.8, 4) is 11.5 Å². The second kappa shape index (κ2) is 11.5. The SMILES string of the molecule is CCCN=C(NCC)NCCc1ccc(O)c(OC)c1.I. The highest BCUT2D eigenvalue weighted by molar-refractivity contribution is 14.0. The molecule has 0 aliphatic rings. The number of ether oxygens (including phenoxy) is 1. The first-order valence-corrected chi connectivity index (χ1v) is 7.09. The summed E-state index contributed by atoms with van der Waals surface area (Å²) < 4.78 is 5.10. The van der Waals surface area contributed by atoms with Gasteiger partial charge in [0.05, 0.1) is 7.11 Å². The molecule has 0 aliphatic carbocycles. The molecular weight excluding hydrogens is 381 g/mol. The summed E-state index contributed by atoms with van der Waals surface area (Å²) in [4.78, 5) is 4.44. The molecule has 0 amide bonds. The van der Waals surface area contributed by atoms with E-state index in [9.17, 15) is 5.11 Å². The zero-order valence-electron chi connectivity index (χ0n) is 13.0. The van der Waals surface area contributed by atoms with Crippen LogP contribution in [0.3, 0.4) is 0 Å². The number of halogens is 1. The molecule has 120 valence electrons. The zero-order chi connectivity index (χ0) is 14.8. The summed E-state index contributed by atoms with van der Waals surface area (Å²) in [5.41, 5.74) is 1.11. The Morgan fingerprint density at radius 2 is 2.05 bits per heavy atom. The van der Waals surface area contributed by atoms with Crippen molar-refractivity contribution >= 4 is 29.9 Å². The maximum absolute atomic E-state index is 9.55. The van der Waals surface area contributed by atoms with Crippen LogP contribution < -0.4 is 15.4 Å². The van der Waals surface area contributed by atoms with E-state index in [-0.39, 0.29) is 29.7 Å². The Morgan fingerprint density at radius 3 is 2.67 bits per heavy atom. The largest absolute Gasteiger partial charge is 0.504 e. The van der Waals surface area contributed by atoms with Crippen LogP contribution in [0.5, 0.6) is 11.5 Å². The van der Waals surface area contributed by atoms with Gasteiger partial charge in [-0.1, -0.05) is 13.0 Å². The minimum absolute atomic E-state index is 0. The Hall–Kier alpha value is -1.18. The molecule has 3 N–H and O–H groups in total. The number of aliphatic imine (C=N–C) groups is 1. The van der Waals surface area contributed by atoms with Crippen molar-refractivity contribution in [1.29, 1.82) is 0 Å². The average Bonchev–Trinajstić information content (AvgIpc) is 2.46. The van der Waals surface area contributed by atoms with Crippen LogP contribution in [-0.4, -0.2) is 37.8 Å². The van der Waals surface area contributed by atoms with Crippen molar-refractivity contribution in [3.05, 3.63) is 23.8 Å². The number of aromatic hydroxyl groups is 1. The fourth-order valence-electron chi connectivity index (χ4n) is 1.77. The Kier molecular flexibility index (Phi) is 10.8. The maximum Gasteiger partial charge on any atom is 0.191 e. The molecule has 0 heterocycles. The Labute approximate surface area is 144 Å². The lowest BCUT2D eigenvalue weighted by Crippen LogP contribution is -2.38. The van der Waals surface area contributed by atoms with E-state index in [1.807, 2.05) is 19.1 Å². The molecule has 0 saturated heterocycles. The molecule has 0 aliphatic heterocycles. The van der Waals surface area contributed by atoms with Gasteiger partial charge in [-0.3, -0.25) is 4.99 Å². The van der Waals surface area contributed by atoms with Crippen molar-refractivity contribution in [2.45, 2.75) is 26.7 Å². The highest BCUT2D eigenvalue weighted by atomic mass is 127. The number of methoxy groups -OCH3 is 1. The van der Waals surface area contributed by atoms with E-state index in [1.165, 1.54) is 0 Å². The average molecular weight is 407 g/mol. The quantitative estimate of drug-likeness (QED) is 0.369. The molecule has 6 heteroatoms. The zero-order valence-corrected chi connectivity index (χ0v) is 15.3. The number of phenols is 1. The summed E-state index contributed by atoms with van der Waals surface area (Å²) >= 11 is 0. The molecule has 0 spiro atoms. The molecule has 0 saturated carbocycles. The van der Waals surface area contributed by atoms with Gasteiger partial charge in [0.2, 0.25) is 0 Å². The van der Waals surface area contributed by atoms with E-state index in [0.717, 1.165) is 44.0 Å². The van der Waals surface area contributed by atoms with Crippen LogP contribution >= 0.6 is 24.0 Å². The minimum atomic E-state index is 0. The van der Waals surface area contributed by atoms with Gasteiger partial charge >= 0.3 is 0 Å². The molecule has 0 unspecified atom stereocenters. The Balaban J connectivity index is 0.00000400. The first-order valence-electron chi connectivity index (χ1n) is 7.09. The molecule has 5 nitrogen and oxygen atoms in total. The lowest BCUT2D eigenvalue weighted by molar-refractivity contribution is 0.373. The lowest BCUT2D eigenvalue weighted by atomic mass is 10.1. The topological polar surface area (TPSA) is 65.9 Å². The van der Waals surface area contributed by atoms with Crippen molar-refractivity contribution in [2.24, 2.45) is 4.99 Å². The smallest absolute Gasteiger partial charge is 0.191 e. The highest BCUT2D eigenvalue weighted by Crippen LogP contribution is 2.26. The van der Waals surface area contributed by atoms with Crippen LogP contribution in [0.4, 0.5) is 0 Å². The highest BCUT2D eigenvalue weighted by Gasteiger charge is 2.03. The second-order valence-corrected chi connectivity index (χ2v) is 4.44. The predicted octanol–water partition coefficient (Wildman–Crippen LogP) is 2.53. The van der Waals surface area contributed by atoms with Crippen molar-refractivity contribution < 1.29 is 9.84 Å². The maximum atomic E-state index is 9.55. The normalized spacial score (nSPS) is 10.7. The van der Waals surface area contributed by atoms with Crippen LogP contribution in [-0.2, 0) is 6.42 Å². The molecule has 0 radical (unpaired) electrons. The van der Waals surface area contributed by atoms with E-state index in [2.05, 4.69) is 22.5 Å². The summed E-state index contributed by atoms with van der Waals surface area (Å²) in [6, 6.07) is 5.41. The van der Waals surface area contributed by atoms with Gasteiger partial charge in [-0.2, -0.15) is 0 Å². The van der Waals surface area contributed by atoms with E-state index in [0.29, 0.717) is 5.75 Å². The third kappa shape index (κ3) is 7.40. The number of nitrogens with zero attached hydrogens (tertiary/aromatic N) is 1. The Morgan fingerprint density at radius 1 is 1.29 bits per heavy atom. The molecule has 0 aromatic heterocycles. The number of guanidine groups is 1. The van der Waals surface area contributed by atoms with Crippen LogP contribution in [0.1, 0.15) is 25.8 Å². The van der Waals surface area contributed by atoms with Crippen LogP contribution in [0.15, 0.2) is 23.2 Å². The number of nitrogens with one attached hydrogen (secondary N) is 2. The molecule has 21 heavy (non-hydrogen) atoms. The first-order chi connectivity index (χ1) is 9.71. The molecule has 1 aromatic rings. The Bertz CT molecular complexity index is 439. The van der Waals surface area contributed by atoms with E-state index >= 15 is 0 Å². The van der Waals surface area contributed by atoms with Gasteiger partial charge < -0.3 is 20.5 Å². The molecule has 0 bridgehead atoms. The van der Waals surface area contributed by atoms with Crippen molar-refractivity contribution in [1.82, 2.24) is 10.6 Å². The fourth-order valence-corrected chi connectivity index (χ4v) is 1.77. The fraction of sp³-hybridized carbons (Fsp3) is 0.533. The van der Waals surface area contributed by atoms with Crippen LogP contribution in [0.25, 0.3) is 0 Å². The van der Waals surface area contributed by atoms with E-state index < -0.39 is 0 Å². The monoisotopic (exact) mass is 407 g/mol. The van der Waals surface area contributed by atoms with Crippen molar-refractivity contribution in [2.75, 3.05) is 26.7 Å². The number of benzene rings is 1. The van der Waals surface area contributed by atoms with Gasteiger partial charge in [-0.25, -0.2) is 0 Å². The summed E-state index contributed by atoms with van der Waals surface area (Å²) in [6.45, 7) is 6.61. The molecule has 0 fully saturated rings. The van der Waals surface area contributed by atoms with Gasteiger partial charge in [-0.05, 0) is 37.5 Å². The summed E-state index contributed by atoms with van der Waals surface area (Å²) in [7, 11) is 1.55. The van der Waals surface area contributed by atoms with Crippen LogP contribution in [0, 0.1) is 0 Å². The van der Waals surface area contributed by atoms with Gasteiger partial charge in [0.25, 0.3) is 0 Å². The molecule has 1 aromatic carbocycles. The minimum Gasteiger partial charge on any atom is -0.504 e. The summed E-state index contributed by atoms with van der Waals surface area (Å²) in [5.74, 6) is 1.52. The molecule has 0 atom stereocenters. The van der Waals surface area contributed by atoms with E-state index in [1.54, 1.807) is 13.2 Å². The van der Waals surface area contributed by atoms with Gasteiger partial charge in [0.15, 0.2) is 17.5 Å². The lowest BCUT2D eigenvalue weighted by Gasteiger charge is -2.11. The van der Waals surface area contributed by atoms with E-state index in [4.69, 9.17) is 4.74 Å². The molecular formula is C15H26IN3O2. The summed E-state index contributed by atoms with van der Waals surface area (Å²) in [5, 5.41) is 16.0. The number of hydrogen-bond acceptors (Lipinski definition) is 3. The van der Waals surface area contributed by atoms with Gasteiger partial charge in [-0.15, -0.1) is 24.0 Å². The molecule has 1 rings (SSSR count). The standard InChI is InChI=1S/C15H25N3O2.HI/c1-4-9-17-15(16-5-2)18-10-8-12-6-7-13(19)14(11-12)20-3;/h6-7,11,19H,4-5,8-10H2,1-3H3,(H2,16,17,18);1H. The number of hydrogen-bond donors (Lipinski definition) is 3. The summed E-state index contributed by atoms with van der Waals surface area (Å²) in [6.07, 6.45) is 1.87. The van der Waals surface area contributed by atoms with Gasteiger partial charge in [0, 0.05) is 19.6 Å². The second-order valence-electron chi connectivity index (χ2n) is 4.44. The third-order valence-electron chi connectivity index (χ3n) is 2.79.